The number of aromatic nitrogens is 2. The minimum absolute atomic E-state index is 0.0123. The number of carbonyl (C=O) groups is 2. The molecule has 1 saturated heterocycles. The highest BCUT2D eigenvalue weighted by atomic mass is 16.5. The zero-order valence-electron chi connectivity index (χ0n) is 9.21. The zero-order chi connectivity index (χ0) is 12.4. The summed E-state index contributed by atoms with van der Waals surface area (Å²) < 4.78 is 4.90. The number of hydrogen-bond acceptors (Lipinski definition) is 6. The van der Waals surface area contributed by atoms with Crippen LogP contribution >= 0.6 is 0 Å². The molecule has 0 aromatic carbocycles. The molecule has 0 radical (unpaired) electrons. The third-order valence-electron chi connectivity index (χ3n) is 2.47. The van der Waals surface area contributed by atoms with Crippen molar-refractivity contribution < 1.29 is 19.2 Å². The van der Waals surface area contributed by atoms with E-state index in [1.165, 1.54) is 4.90 Å². The minimum atomic E-state index is -0.985. The fourth-order valence-corrected chi connectivity index (χ4v) is 1.68. The van der Waals surface area contributed by atoms with Gasteiger partial charge in [-0.15, -0.1) is 0 Å². The molecule has 0 bridgehead atoms. The molecule has 0 saturated carbocycles. The number of aryl methyl sites for hydroxylation is 1. The van der Waals surface area contributed by atoms with Gasteiger partial charge in [-0.25, -0.2) is 0 Å². The first-order valence-electron chi connectivity index (χ1n) is 5.09. The average molecular weight is 240 g/mol. The second kappa shape index (κ2) is 4.50. The van der Waals surface area contributed by atoms with E-state index in [9.17, 15) is 9.59 Å². The molecule has 17 heavy (non-hydrogen) atoms. The monoisotopic (exact) mass is 240 g/mol. The number of carboxylic acids is 1. The quantitative estimate of drug-likeness (QED) is 0.680. The highest BCUT2D eigenvalue weighted by molar-refractivity contribution is 5.83. The molecule has 1 unspecified atom stereocenters. The average Bonchev–Trinajstić information content (AvgIpc) is 2.63. The molecule has 2 rings (SSSR count). The molecule has 1 atom stereocenters. The molecular formula is C9H12N4O4. The normalized spacial score (nSPS) is 21.2. The third kappa shape index (κ3) is 2.59. The third-order valence-corrected chi connectivity index (χ3v) is 2.47. The number of carboxylic acid groups (broad SMARTS) is 1. The van der Waals surface area contributed by atoms with E-state index < -0.39 is 12.0 Å². The number of nitrogens with zero attached hydrogens (tertiary/aromatic N) is 3. The number of piperazine rings is 1. The van der Waals surface area contributed by atoms with Gasteiger partial charge in [0.25, 0.3) is 0 Å². The van der Waals surface area contributed by atoms with Crippen molar-refractivity contribution in [3.05, 3.63) is 11.7 Å². The SMILES string of the molecule is Cc1noc(CN2CC(=O)NCC2C(=O)O)n1. The Hall–Kier alpha value is -1.96. The van der Waals surface area contributed by atoms with Gasteiger partial charge in [0.15, 0.2) is 5.82 Å². The first kappa shape index (κ1) is 11.5. The van der Waals surface area contributed by atoms with E-state index >= 15 is 0 Å². The molecule has 1 aliphatic rings. The lowest BCUT2D eigenvalue weighted by Crippen LogP contribution is -2.56. The van der Waals surface area contributed by atoms with Crippen LogP contribution in [0.4, 0.5) is 0 Å². The second-order valence-corrected chi connectivity index (χ2v) is 3.80. The Morgan fingerprint density at radius 1 is 1.71 bits per heavy atom. The van der Waals surface area contributed by atoms with Gasteiger partial charge in [0.1, 0.15) is 6.04 Å². The van der Waals surface area contributed by atoms with Gasteiger partial charge in [-0.3, -0.25) is 14.5 Å². The first-order chi connectivity index (χ1) is 8.06. The summed E-state index contributed by atoms with van der Waals surface area (Å²) in [6.07, 6.45) is 0. The molecule has 0 spiro atoms. The number of hydrogen-bond donors (Lipinski definition) is 2. The van der Waals surface area contributed by atoms with E-state index in [0.717, 1.165) is 0 Å². The van der Waals surface area contributed by atoms with E-state index in [2.05, 4.69) is 15.5 Å². The van der Waals surface area contributed by atoms with E-state index in [-0.39, 0.29) is 25.5 Å². The van der Waals surface area contributed by atoms with Gasteiger partial charge in [-0.2, -0.15) is 4.98 Å². The number of rotatable bonds is 3. The summed E-state index contributed by atoms with van der Waals surface area (Å²) in [5.41, 5.74) is 0. The van der Waals surface area contributed by atoms with Crippen LogP contribution in [0.3, 0.4) is 0 Å². The second-order valence-electron chi connectivity index (χ2n) is 3.80. The standard InChI is InChI=1S/C9H12N4O4/c1-5-11-8(17-12-5)4-13-3-7(14)10-2-6(13)9(15)16/h6H,2-4H2,1H3,(H,10,14)(H,15,16). The molecule has 1 aliphatic heterocycles. The van der Waals surface area contributed by atoms with Gasteiger partial charge in [-0.1, -0.05) is 5.16 Å². The van der Waals surface area contributed by atoms with Gasteiger partial charge in [0.2, 0.25) is 11.8 Å². The number of carbonyl (C=O) groups excluding carboxylic acids is 1. The Morgan fingerprint density at radius 3 is 3.06 bits per heavy atom. The molecule has 8 nitrogen and oxygen atoms in total. The Labute approximate surface area is 96.6 Å². The van der Waals surface area contributed by atoms with Crippen LogP contribution in [0.25, 0.3) is 0 Å². The van der Waals surface area contributed by atoms with E-state index in [1.807, 2.05) is 0 Å². The van der Waals surface area contributed by atoms with Crippen molar-refractivity contribution in [1.29, 1.82) is 0 Å². The maximum atomic E-state index is 11.2. The van der Waals surface area contributed by atoms with Crippen molar-refractivity contribution in [2.75, 3.05) is 13.1 Å². The summed E-state index contributed by atoms with van der Waals surface area (Å²) in [4.78, 5) is 27.7. The van der Waals surface area contributed by atoms with E-state index in [4.69, 9.17) is 9.63 Å². The minimum Gasteiger partial charge on any atom is -0.480 e. The van der Waals surface area contributed by atoms with Gasteiger partial charge in [-0.05, 0) is 6.92 Å². The van der Waals surface area contributed by atoms with Crippen LogP contribution in [0.2, 0.25) is 0 Å². The van der Waals surface area contributed by atoms with Crippen molar-refractivity contribution in [3.63, 3.8) is 0 Å². The van der Waals surface area contributed by atoms with Crippen molar-refractivity contribution in [2.45, 2.75) is 19.5 Å². The molecule has 2 heterocycles. The fraction of sp³-hybridized carbons (Fsp3) is 0.556. The number of amides is 1. The molecule has 1 aromatic rings. The van der Waals surface area contributed by atoms with Crippen LogP contribution in [0.5, 0.6) is 0 Å². The highest BCUT2D eigenvalue weighted by Crippen LogP contribution is 2.09. The maximum Gasteiger partial charge on any atom is 0.322 e. The predicted molar refractivity (Wildman–Crippen MR) is 53.9 cm³/mol. The van der Waals surface area contributed by atoms with Crippen LogP contribution in [-0.4, -0.2) is 51.2 Å². The Morgan fingerprint density at radius 2 is 2.47 bits per heavy atom. The molecule has 1 fully saturated rings. The summed E-state index contributed by atoms with van der Waals surface area (Å²) in [6, 6.07) is -0.764. The van der Waals surface area contributed by atoms with Gasteiger partial charge in [0, 0.05) is 6.54 Å². The van der Waals surface area contributed by atoms with Crippen LogP contribution in [0, 0.1) is 6.92 Å². The van der Waals surface area contributed by atoms with Crippen molar-refractivity contribution >= 4 is 11.9 Å². The molecule has 0 aliphatic carbocycles. The maximum absolute atomic E-state index is 11.2. The fourth-order valence-electron chi connectivity index (χ4n) is 1.68. The predicted octanol–water partition coefficient (Wildman–Crippen LogP) is -1.24. The summed E-state index contributed by atoms with van der Waals surface area (Å²) in [7, 11) is 0. The Balaban J connectivity index is 2.09. The largest absolute Gasteiger partial charge is 0.480 e. The smallest absolute Gasteiger partial charge is 0.322 e. The lowest BCUT2D eigenvalue weighted by Gasteiger charge is -2.31. The van der Waals surface area contributed by atoms with E-state index in [0.29, 0.717) is 11.7 Å². The summed E-state index contributed by atoms with van der Waals surface area (Å²) >= 11 is 0. The lowest BCUT2D eigenvalue weighted by atomic mass is 10.2. The molecule has 92 valence electrons. The summed E-state index contributed by atoms with van der Waals surface area (Å²) in [6.45, 7) is 1.93. The highest BCUT2D eigenvalue weighted by Gasteiger charge is 2.32. The lowest BCUT2D eigenvalue weighted by molar-refractivity contribution is -0.146. The summed E-state index contributed by atoms with van der Waals surface area (Å²) in [5, 5.41) is 15.1. The van der Waals surface area contributed by atoms with Crippen molar-refractivity contribution in [3.8, 4) is 0 Å². The van der Waals surface area contributed by atoms with Crippen LogP contribution in [0.15, 0.2) is 4.52 Å². The zero-order valence-corrected chi connectivity index (χ0v) is 9.21. The van der Waals surface area contributed by atoms with Crippen LogP contribution in [0.1, 0.15) is 11.7 Å². The van der Waals surface area contributed by atoms with Crippen LogP contribution < -0.4 is 5.32 Å². The van der Waals surface area contributed by atoms with Crippen molar-refractivity contribution in [2.24, 2.45) is 0 Å². The Bertz CT molecular complexity index is 444. The first-order valence-corrected chi connectivity index (χ1v) is 5.09. The topological polar surface area (TPSA) is 109 Å². The summed E-state index contributed by atoms with van der Waals surface area (Å²) in [5.74, 6) is -0.406. The number of nitrogens with one attached hydrogen (secondary N) is 1. The molecular weight excluding hydrogens is 228 g/mol. The Kier molecular flexibility index (Phi) is 3.05. The number of aliphatic carboxylic acids is 1. The molecule has 1 amide bonds. The molecule has 1 aromatic heterocycles. The van der Waals surface area contributed by atoms with Gasteiger partial charge in [0.05, 0.1) is 13.1 Å². The van der Waals surface area contributed by atoms with Crippen molar-refractivity contribution in [1.82, 2.24) is 20.4 Å². The molecule has 8 heteroatoms. The molecule has 2 N–H and O–H groups in total. The van der Waals surface area contributed by atoms with E-state index in [1.54, 1.807) is 6.92 Å². The van der Waals surface area contributed by atoms with Gasteiger partial charge < -0.3 is 14.9 Å². The van der Waals surface area contributed by atoms with Gasteiger partial charge >= 0.3 is 5.97 Å². The van der Waals surface area contributed by atoms with Crippen LogP contribution in [-0.2, 0) is 16.1 Å².